The summed E-state index contributed by atoms with van der Waals surface area (Å²) in [5, 5.41) is 42.9. The first-order valence-electron chi connectivity index (χ1n) is 36.4. The summed E-state index contributed by atoms with van der Waals surface area (Å²) >= 11 is 0. The molecule has 0 aliphatic heterocycles. The molecule has 0 unspecified atom stereocenters. The van der Waals surface area contributed by atoms with Gasteiger partial charge in [-0.15, -0.1) is 0 Å². The van der Waals surface area contributed by atoms with E-state index in [0.717, 1.165) is 76.2 Å². The number of nitriles is 1. The summed E-state index contributed by atoms with van der Waals surface area (Å²) in [5.41, 5.74) is -4.76. The smallest absolute Gasteiger partial charge is 0.419 e. The van der Waals surface area contributed by atoms with Gasteiger partial charge >= 0.3 is 54.8 Å². The van der Waals surface area contributed by atoms with E-state index in [1.165, 1.54) is 6.07 Å². The van der Waals surface area contributed by atoms with Gasteiger partial charge in [0.05, 0.1) is 42.0 Å². The second-order valence-electron chi connectivity index (χ2n) is 26.0. The van der Waals surface area contributed by atoms with Gasteiger partial charge in [-0.1, -0.05) is 30.3 Å². The Hall–Kier alpha value is -17.7. The van der Waals surface area contributed by atoms with E-state index >= 15 is 0 Å². The number of primary amides is 1. The number of nitrogen functional groups attached to an aromatic ring is 1. The number of alkyl halides is 15. The fraction of sp³-hybridized carbons (Fsp3) is 0.154. The maximum absolute atomic E-state index is 14.1. The van der Waals surface area contributed by atoms with Crippen LogP contribution in [0.2, 0.25) is 0 Å². The molecule has 139 heavy (non-hydrogen) atoms. The van der Waals surface area contributed by atoms with Crippen LogP contribution in [0.25, 0.3) is 11.0 Å². The quantitative estimate of drug-likeness (QED) is 0.0250. The Morgan fingerprint density at radius 1 is 0.345 bits per heavy atom. The number of nitrogens with one attached hydrogen (secondary N) is 6. The standard InChI is InChI=1S/C15H10F5N3O3.C14H9F5N4O2.C14H7F5N4O.C14H8F5N3O3.C14H10F4N6O.C7H5FN2O4/c1-26-14(25)12-10(17)11(22-6-23-12)13(24)21-5-7-2-3-9(16)8(4-7)15(18,19)20;15-8-2-1-6(3-7(8)14(17,18)19)4-21-13(25)11-9(16)10(12(20)24)22-5-23-11;15-9-2-1-7(3-8(9)14(17,18)19)5-21-13(24)12-11(16)10(4-20)22-6-23-12;15-8-2-1-6(3-7(8)14(17,18)19)4-20-12(23)10-9(16)11(13(24)25)22-5-21-10;15-8-2-1-6(3-7(8)14(16,17)18)4-20-13(25)11-9-10(21-5-22-11)12(19)24-23-9;1-14-7(13)5-3(8)4(6(11)12)9-2-10-5/h2-4,6H,5H2,1H3,(H,21,24);1-3,5H,4H2,(H2,20,24)(H,21,25);1-3,6H,5H2,(H,21,24);1-3,5H,4H2,(H,20,23)(H,24,25);1-3,5H,4H2,(H,20,25)(H3,19,23,24);2H,1H3,(H,11,12). The topological polar surface area (TPSA) is 549 Å². The Balaban J connectivity index is 0.000000229. The number of nitrogens with two attached hydrogens (primary N) is 2. The van der Waals surface area contributed by atoms with E-state index in [0.29, 0.717) is 67.0 Å². The van der Waals surface area contributed by atoms with Crippen molar-refractivity contribution in [3.8, 4) is 6.07 Å². The fourth-order valence-electron chi connectivity index (χ4n) is 10.4. The van der Waals surface area contributed by atoms with Crippen molar-refractivity contribution in [2.45, 2.75) is 63.6 Å². The van der Waals surface area contributed by atoms with Crippen LogP contribution in [-0.4, -0.2) is 154 Å². The highest BCUT2D eigenvalue weighted by Crippen LogP contribution is 2.37. The van der Waals surface area contributed by atoms with Crippen molar-refractivity contribution < 1.29 is 177 Å². The number of hydrogen-bond donors (Lipinski definition) is 10. The van der Waals surface area contributed by atoms with Gasteiger partial charge in [0.15, 0.2) is 97.5 Å². The summed E-state index contributed by atoms with van der Waals surface area (Å²) in [6.07, 6.45) is -19.6. The first kappa shape index (κ1) is 108. The number of benzene rings is 5. The molecule has 61 heteroatoms. The van der Waals surface area contributed by atoms with Crippen LogP contribution >= 0.6 is 0 Å². The molecule has 730 valence electrons. The number of carbonyl (C=O) groups is 10. The minimum absolute atomic E-state index is 0.0490. The van der Waals surface area contributed by atoms with E-state index in [-0.39, 0.29) is 56.9 Å². The van der Waals surface area contributed by atoms with Crippen molar-refractivity contribution >= 4 is 76.2 Å². The molecule has 7 aromatic heterocycles. The predicted molar refractivity (Wildman–Crippen MR) is 409 cm³/mol. The lowest BCUT2D eigenvalue weighted by atomic mass is 10.1. The van der Waals surface area contributed by atoms with Crippen LogP contribution in [0.1, 0.15) is 166 Å². The Bertz CT molecular complexity index is 6590. The van der Waals surface area contributed by atoms with E-state index < -0.39 is 259 Å². The zero-order valence-corrected chi connectivity index (χ0v) is 68.3. The number of H-pyrrole nitrogens is 1. The van der Waals surface area contributed by atoms with Gasteiger partial charge in [0.1, 0.15) is 84.2 Å². The number of carbonyl (C=O) groups excluding carboxylic acids is 8. The van der Waals surface area contributed by atoms with Crippen molar-refractivity contribution in [3.63, 3.8) is 0 Å². The molecule has 0 aliphatic carbocycles. The van der Waals surface area contributed by atoms with Crippen molar-refractivity contribution in [2.24, 2.45) is 5.73 Å². The van der Waals surface area contributed by atoms with E-state index in [2.05, 4.69) is 106 Å². The minimum atomic E-state index is -4.92. The number of carboxylic acids is 2. The van der Waals surface area contributed by atoms with Crippen LogP contribution in [0.5, 0.6) is 0 Å². The maximum atomic E-state index is 14.1. The number of anilines is 1. The molecule has 0 saturated carbocycles. The molecule has 0 bridgehead atoms. The number of nitrogens with zero attached hydrogens (tertiary/aromatic N) is 14. The fourth-order valence-corrected chi connectivity index (χ4v) is 10.4. The molecule has 36 nitrogen and oxygen atoms in total. The summed E-state index contributed by atoms with van der Waals surface area (Å²) in [6, 6.07) is 12.5. The lowest BCUT2D eigenvalue weighted by Gasteiger charge is -2.11. The van der Waals surface area contributed by atoms with Crippen LogP contribution < -0.4 is 38.1 Å². The number of aromatic amines is 1. The second-order valence-corrected chi connectivity index (χ2v) is 26.0. The van der Waals surface area contributed by atoms with Gasteiger partial charge in [-0.2, -0.15) is 76.2 Å². The number of halogens is 25. The van der Waals surface area contributed by atoms with Gasteiger partial charge in [-0.25, -0.2) is 123 Å². The zero-order chi connectivity index (χ0) is 104. The Morgan fingerprint density at radius 3 is 0.849 bits per heavy atom. The number of aromatic carboxylic acids is 2. The highest BCUT2D eigenvalue weighted by atomic mass is 19.4. The van der Waals surface area contributed by atoms with Gasteiger partial charge in [0.25, 0.3) is 35.4 Å². The van der Waals surface area contributed by atoms with Crippen LogP contribution in [-0.2, 0) is 73.1 Å². The molecule has 0 saturated heterocycles. The number of amides is 6. The third kappa shape index (κ3) is 28.9. The number of hydrogen-bond acceptors (Lipinski definition) is 27. The summed E-state index contributed by atoms with van der Waals surface area (Å²) in [6.45, 7) is -2.09. The van der Waals surface area contributed by atoms with Crippen LogP contribution in [0.4, 0.5) is 116 Å². The first-order chi connectivity index (χ1) is 64.9. The molecule has 5 aromatic carbocycles. The van der Waals surface area contributed by atoms with Crippen molar-refractivity contribution in [1.82, 2.24) is 96.6 Å². The summed E-state index contributed by atoms with van der Waals surface area (Å²) in [4.78, 5) is 155. The van der Waals surface area contributed by atoms with Crippen molar-refractivity contribution in [2.75, 3.05) is 20.0 Å². The van der Waals surface area contributed by atoms with Gasteiger partial charge in [0, 0.05) is 32.7 Å². The third-order valence-electron chi connectivity index (χ3n) is 16.8. The average Bonchev–Trinajstić information content (AvgIpc) is 1.63. The Kier molecular flexibility index (Phi) is 36.1. The zero-order valence-electron chi connectivity index (χ0n) is 68.3. The van der Waals surface area contributed by atoms with E-state index in [9.17, 15) is 158 Å². The van der Waals surface area contributed by atoms with Crippen molar-refractivity contribution in [1.29, 1.82) is 5.26 Å². The van der Waals surface area contributed by atoms with E-state index in [1.807, 2.05) is 0 Å². The average molecular weight is 1990 g/mol. The Labute approximate surface area is 754 Å². The predicted octanol–water partition coefficient (Wildman–Crippen LogP) is 11.4. The number of esters is 2. The molecule has 0 spiro atoms. The van der Waals surface area contributed by atoms with Gasteiger partial charge in [-0.05, 0) is 88.5 Å². The molecule has 0 fully saturated rings. The van der Waals surface area contributed by atoms with Gasteiger partial charge in [0.2, 0.25) is 0 Å². The van der Waals surface area contributed by atoms with Gasteiger partial charge in [-0.3, -0.25) is 33.9 Å². The molecule has 0 radical (unpaired) electrons. The van der Waals surface area contributed by atoms with Crippen LogP contribution in [0, 0.1) is 69.5 Å². The SMILES string of the molecule is COC(=O)c1ncnc(C(=O)NCc2ccc(F)c(C(F)(F)F)c2)c1F.COC(=O)c1ncnc(C(=O)O)c1F.N#Cc1ncnc(C(=O)NCc2ccc(F)c(C(F)(F)F)c2)c1F.NC(=O)c1ncnc(C(=O)NCc2ccc(F)c(C(F)(F)F)c2)c1F.Nc1n[nH]c2c(C(=O)NCc3ccc(F)c(C(F)(F)F)c3)ncnc12.O=C(O)c1ncnc(C(=O)NCc2ccc(F)c(C(F)(F)F)c2)c1F. The molecule has 0 aliphatic rings. The molecule has 12 aromatic rings. The third-order valence-corrected chi connectivity index (χ3v) is 16.8. The lowest BCUT2D eigenvalue weighted by Crippen LogP contribution is -2.27. The molecule has 0 atom stereocenters. The highest BCUT2D eigenvalue weighted by Gasteiger charge is 2.40. The van der Waals surface area contributed by atoms with E-state index in [4.69, 9.17) is 26.9 Å². The number of carboxylic acid groups (broad SMARTS) is 2. The summed E-state index contributed by atoms with van der Waals surface area (Å²) < 4.78 is 333. The lowest BCUT2D eigenvalue weighted by molar-refractivity contribution is -0.140. The molecule has 12 N–H and O–H groups in total. The van der Waals surface area contributed by atoms with Crippen molar-refractivity contribution in [3.05, 3.63) is 305 Å². The highest BCUT2D eigenvalue weighted by molar-refractivity contribution is 6.05. The number of rotatable bonds is 20. The van der Waals surface area contributed by atoms with Gasteiger partial charge < -0.3 is 57.7 Å². The first-order valence-corrected chi connectivity index (χ1v) is 36.4. The number of fused-ring (bicyclic) bond motifs is 1. The normalized spacial score (nSPS) is 11.1. The monoisotopic (exact) mass is 1990 g/mol. The number of ether oxygens (including phenoxy) is 2. The van der Waals surface area contributed by atoms with Crippen LogP contribution in [0.3, 0.4) is 0 Å². The van der Waals surface area contributed by atoms with E-state index in [1.54, 1.807) is 0 Å². The van der Waals surface area contributed by atoms with Crippen LogP contribution in [0.15, 0.2) is 129 Å². The second kappa shape index (κ2) is 46.3. The maximum Gasteiger partial charge on any atom is 0.419 e. The number of methoxy groups -OCH3 is 2. The molecule has 6 amide bonds. The largest absolute Gasteiger partial charge is 0.476 e. The minimum Gasteiger partial charge on any atom is -0.476 e. The molecular weight excluding hydrogens is 1940 g/mol. The molecule has 12 rings (SSSR count). The number of aromatic nitrogens is 14. The Morgan fingerprint density at radius 2 is 0.576 bits per heavy atom. The summed E-state index contributed by atoms with van der Waals surface area (Å²) in [7, 11) is 2.01. The molecular formula is C78H49F25N22O14. The molecule has 7 heterocycles. The summed E-state index contributed by atoms with van der Waals surface area (Å²) in [5.74, 6) is -25.7.